The van der Waals surface area contributed by atoms with Crippen LogP contribution in [0.3, 0.4) is 0 Å². The Balaban J connectivity index is 1.20. The molecule has 0 spiro atoms. The van der Waals surface area contributed by atoms with Crippen molar-refractivity contribution in [1.82, 2.24) is 0 Å². The van der Waals surface area contributed by atoms with Crippen LogP contribution in [0, 0.1) is 41.2 Å². The lowest BCUT2D eigenvalue weighted by Gasteiger charge is -2.29. The molecule has 3 aliphatic rings. The maximum Gasteiger partial charge on any atom is 0.200 e. The molecular formula is C35H52F2O. The molecule has 1 aromatic carbocycles. The molecule has 0 bridgehead atoms. The van der Waals surface area contributed by atoms with Crippen molar-refractivity contribution >= 4 is 0 Å². The van der Waals surface area contributed by atoms with Crippen molar-refractivity contribution in [3.63, 3.8) is 0 Å². The second kappa shape index (κ2) is 15.2. The Morgan fingerprint density at radius 2 is 1.37 bits per heavy atom. The number of unbranched alkanes of at least 4 members (excludes halogenated alkanes) is 2. The zero-order valence-electron chi connectivity index (χ0n) is 24.1. The number of ether oxygens (including phenoxy) is 1. The summed E-state index contributed by atoms with van der Waals surface area (Å²) in [6.07, 6.45) is 29.1. The molecule has 2 unspecified atom stereocenters. The molecule has 1 aromatic rings. The van der Waals surface area contributed by atoms with E-state index < -0.39 is 11.6 Å². The van der Waals surface area contributed by atoms with Gasteiger partial charge in [0.1, 0.15) is 0 Å². The van der Waals surface area contributed by atoms with Crippen LogP contribution < -0.4 is 4.74 Å². The first-order valence-electron chi connectivity index (χ1n) is 16.0. The molecule has 2 fully saturated rings. The van der Waals surface area contributed by atoms with Gasteiger partial charge in [-0.3, -0.25) is 0 Å². The fourth-order valence-corrected chi connectivity index (χ4v) is 7.14. The molecule has 0 aromatic heterocycles. The van der Waals surface area contributed by atoms with Crippen molar-refractivity contribution < 1.29 is 13.5 Å². The molecule has 38 heavy (non-hydrogen) atoms. The molecule has 1 nitrogen and oxygen atoms in total. The monoisotopic (exact) mass is 526 g/mol. The minimum absolute atomic E-state index is 0.0621. The highest BCUT2D eigenvalue weighted by Crippen LogP contribution is 2.40. The van der Waals surface area contributed by atoms with Crippen LogP contribution in [0.25, 0.3) is 0 Å². The summed E-state index contributed by atoms with van der Waals surface area (Å²) in [6, 6.07) is 3.44. The van der Waals surface area contributed by atoms with Crippen LogP contribution in [0.5, 0.6) is 5.75 Å². The van der Waals surface area contributed by atoms with Gasteiger partial charge in [0.05, 0.1) is 6.61 Å². The molecule has 212 valence electrons. The van der Waals surface area contributed by atoms with E-state index in [9.17, 15) is 4.39 Å². The van der Waals surface area contributed by atoms with Gasteiger partial charge in [-0.05, 0) is 112 Å². The Bertz CT molecular complexity index is 889. The molecule has 2 saturated carbocycles. The molecular weight excluding hydrogens is 474 g/mol. The van der Waals surface area contributed by atoms with Crippen LogP contribution in [0.4, 0.5) is 8.78 Å². The molecule has 0 N–H and O–H groups in total. The Morgan fingerprint density at radius 3 is 2.00 bits per heavy atom. The summed E-state index contributed by atoms with van der Waals surface area (Å²) in [7, 11) is 0. The summed E-state index contributed by atoms with van der Waals surface area (Å²) in [6.45, 7) is 4.92. The highest BCUT2D eigenvalue weighted by Gasteiger charge is 2.27. The van der Waals surface area contributed by atoms with E-state index in [1.54, 1.807) is 12.1 Å². The predicted octanol–water partition coefficient (Wildman–Crippen LogP) is 10.9. The largest absolute Gasteiger partial charge is 0.490 e. The van der Waals surface area contributed by atoms with E-state index in [1.807, 2.05) is 0 Å². The van der Waals surface area contributed by atoms with E-state index in [0.29, 0.717) is 24.0 Å². The normalized spacial score (nSPS) is 30.1. The third-order valence-corrected chi connectivity index (χ3v) is 9.73. The Labute approximate surface area is 231 Å². The fraction of sp³-hybridized carbons (Fsp3) is 0.714. The average molecular weight is 527 g/mol. The van der Waals surface area contributed by atoms with Gasteiger partial charge in [0.2, 0.25) is 5.82 Å². The molecule has 0 radical (unpaired) electrons. The molecule has 0 aliphatic heterocycles. The van der Waals surface area contributed by atoms with E-state index in [-0.39, 0.29) is 17.6 Å². The number of hydrogen-bond donors (Lipinski definition) is 0. The summed E-state index contributed by atoms with van der Waals surface area (Å²) in [5.41, 5.74) is 0.540. The van der Waals surface area contributed by atoms with Crippen molar-refractivity contribution in [3.8, 4) is 5.75 Å². The lowest BCUT2D eigenvalue weighted by Crippen LogP contribution is -2.17. The van der Waals surface area contributed by atoms with Crippen molar-refractivity contribution in [2.24, 2.45) is 29.6 Å². The minimum atomic E-state index is -0.807. The number of halogens is 2. The van der Waals surface area contributed by atoms with E-state index in [4.69, 9.17) is 4.74 Å². The molecule has 4 rings (SSSR count). The van der Waals surface area contributed by atoms with E-state index >= 15 is 4.39 Å². The van der Waals surface area contributed by atoms with Crippen LogP contribution in [0.15, 0.2) is 36.4 Å². The van der Waals surface area contributed by atoms with Crippen LogP contribution in [-0.2, 0) is 0 Å². The summed E-state index contributed by atoms with van der Waals surface area (Å²) in [4.78, 5) is 0. The van der Waals surface area contributed by atoms with Gasteiger partial charge >= 0.3 is 0 Å². The summed E-state index contributed by atoms with van der Waals surface area (Å²) in [5.74, 6) is 1.91. The summed E-state index contributed by atoms with van der Waals surface area (Å²) >= 11 is 0. The van der Waals surface area contributed by atoms with Crippen LogP contribution in [-0.4, -0.2) is 6.61 Å². The first-order chi connectivity index (χ1) is 18.6. The van der Waals surface area contributed by atoms with E-state index in [2.05, 4.69) is 38.2 Å². The van der Waals surface area contributed by atoms with Crippen LogP contribution >= 0.6 is 0 Å². The maximum atomic E-state index is 15.1. The molecule has 0 saturated heterocycles. The van der Waals surface area contributed by atoms with Gasteiger partial charge in [-0.15, -0.1) is 0 Å². The second-order valence-corrected chi connectivity index (χ2v) is 12.6. The van der Waals surface area contributed by atoms with Crippen LogP contribution in [0.1, 0.15) is 128 Å². The molecule has 0 amide bonds. The molecule has 3 aliphatic carbocycles. The SMILES string of the molecule is CCCCCC1CCC(C=CC2CCC(c3ccc(OCC4C=CC(CCC)CC4)c(F)c3F)CC2)CC1. The van der Waals surface area contributed by atoms with Gasteiger partial charge in [0, 0.05) is 5.92 Å². The molecule has 2 atom stereocenters. The summed E-state index contributed by atoms with van der Waals surface area (Å²) < 4.78 is 35.8. The molecule has 0 heterocycles. The zero-order chi connectivity index (χ0) is 26.7. The lowest BCUT2D eigenvalue weighted by atomic mass is 9.76. The second-order valence-electron chi connectivity index (χ2n) is 12.6. The molecule has 3 heteroatoms. The summed E-state index contributed by atoms with van der Waals surface area (Å²) in [5, 5.41) is 0. The first kappa shape index (κ1) is 29.3. The van der Waals surface area contributed by atoms with Gasteiger partial charge in [0.25, 0.3) is 0 Å². The van der Waals surface area contributed by atoms with Gasteiger partial charge in [0.15, 0.2) is 11.6 Å². The van der Waals surface area contributed by atoms with Crippen molar-refractivity contribution in [2.75, 3.05) is 6.61 Å². The van der Waals surface area contributed by atoms with E-state index in [0.717, 1.165) is 50.4 Å². The van der Waals surface area contributed by atoms with Gasteiger partial charge in [-0.25, -0.2) is 4.39 Å². The van der Waals surface area contributed by atoms with Gasteiger partial charge < -0.3 is 4.74 Å². The zero-order valence-corrected chi connectivity index (χ0v) is 24.1. The van der Waals surface area contributed by atoms with Gasteiger partial charge in [-0.2, -0.15) is 4.39 Å². The first-order valence-corrected chi connectivity index (χ1v) is 16.0. The third kappa shape index (κ3) is 8.43. The quantitative estimate of drug-likeness (QED) is 0.194. The Morgan fingerprint density at radius 1 is 0.711 bits per heavy atom. The lowest BCUT2D eigenvalue weighted by molar-refractivity contribution is 0.241. The van der Waals surface area contributed by atoms with Crippen molar-refractivity contribution in [2.45, 2.75) is 122 Å². The van der Waals surface area contributed by atoms with E-state index in [1.165, 1.54) is 64.2 Å². The minimum Gasteiger partial charge on any atom is -0.490 e. The Kier molecular flexibility index (Phi) is 11.8. The predicted molar refractivity (Wildman–Crippen MR) is 156 cm³/mol. The highest BCUT2D eigenvalue weighted by atomic mass is 19.2. The number of rotatable bonds is 12. The van der Waals surface area contributed by atoms with Crippen molar-refractivity contribution in [3.05, 3.63) is 53.6 Å². The topological polar surface area (TPSA) is 9.23 Å². The Hall–Kier alpha value is -1.64. The average Bonchev–Trinajstić information content (AvgIpc) is 2.95. The maximum absolute atomic E-state index is 15.1. The standard InChI is InChI=1S/C35H52F2O/c1-3-5-6-8-27-9-11-28(12-10-27)13-14-29-19-21-31(22-20-29)32-23-24-33(35(37)34(32)36)38-25-30-17-15-26(7-4-2)16-18-30/h13-15,17,23-24,26-31H,3-12,16,18-22,25H2,1-2H3. The number of allylic oxidation sites excluding steroid dienone is 3. The third-order valence-electron chi connectivity index (χ3n) is 9.73. The number of benzene rings is 1. The van der Waals surface area contributed by atoms with Crippen LogP contribution in [0.2, 0.25) is 0 Å². The fourth-order valence-electron chi connectivity index (χ4n) is 7.14. The smallest absolute Gasteiger partial charge is 0.200 e. The highest BCUT2D eigenvalue weighted by molar-refractivity contribution is 5.33. The van der Waals surface area contributed by atoms with Crippen molar-refractivity contribution in [1.29, 1.82) is 0 Å². The number of hydrogen-bond acceptors (Lipinski definition) is 1. The van der Waals surface area contributed by atoms with Gasteiger partial charge in [-0.1, -0.05) is 76.3 Å².